The van der Waals surface area contributed by atoms with Gasteiger partial charge in [0, 0.05) is 14.1 Å². The normalized spacial score (nSPS) is 13.5. The Balaban J connectivity index is 3.36. The van der Waals surface area contributed by atoms with E-state index in [1.165, 1.54) is 14.1 Å². The van der Waals surface area contributed by atoms with Crippen LogP contribution in [0.3, 0.4) is 0 Å². The Bertz CT molecular complexity index is 446. The lowest BCUT2D eigenvalue weighted by Gasteiger charge is -2.15. The van der Waals surface area contributed by atoms with Gasteiger partial charge in [0.25, 0.3) is 10.0 Å². The van der Waals surface area contributed by atoms with E-state index >= 15 is 0 Å². The number of nitrogens with one attached hydrogen (secondary N) is 1. The van der Waals surface area contributed by atoms with Crippen molar-refractivity contribution >= 4 is 23.4 Å². The molecule has 15 heavy (non-hydrogen) atoms. The van der Waals surface area contributed by atoms with Crippen LogP contribution in [0.25, 0.3) is 0 Å². The highest BCUT2D eigenvalue weighted by Gasteiger charge is 2.32. The number of aromatic nitrogens is 3. The van der Waals surface area contributed by atoms with E-state index in [1.807, 2.05) is 19.6 Å². The van der Waals surface area contributed by atoms with Gasteiger partial charge in [-0.05, 0) is 0 Å². The SMILES string of the molecule is CN(C)S(=O)(=O)c1n[nH]nc1[Si](C)(C)C. The maximum atomic E-state index is 11.9. The third-order valence-electron chi connectivity index (χ3n) is 1.95. The topological polar surface area (TPSA) is 79.0 Å². The molecule has 0 saturated heterocycles. The van der Waals surface area contributed by atoms with Crippen LogP contribution in [0.2, 0.25) is 19.6 Å². The Morgan fingerprint density at radius 3 is 2.13 bits per heavy atom. The van der Waals surface area contributed by atoms with Crippen LogP contribution in [0.4, 0.5) is 0 Å². The van der Waals surface area contributed by atoms with E-state index in [2.05, 4.69) is 15.4 Å². The van der Waals surface area contributed by atoms with Crippen molar-refractivity contribution in [2.45, 2.75) is 24.7 Å². The molecule has 0 unspecified atom stereocenters. The van der Waals surface area contributed by atoms with Crippen LogP contribution in [-0.2, 0) is 10.0 Å². The fraction of sp³-hybridized carbons (Fsp3) is 0.714. The molecule has 0 radical (unpaired) electrons. The van der Waals surface area contributed by atoms with E-state index in [0.717, 1.165) is 4.31 Å². The average molecular weight is 248 g/mol. The second kappa shape index (κ2) is 3.69. The highest BCUT2D eigenvalue weighted by Crippen LogP contribution is 2.10. The summed E-state index contributed by atoms with van der Waals surface area (Å²) in [6.45, 7) is 6.08. The van der Waals surface area contributed by atoms with E-state index < -0.39 is 18.1 Å². The molecule has 6 nitrogen and oxygen atoms in total. The summed E-state index contributed by atoms with van der Waals surface area (Å²) in [4.78, 5) is 0. The van der Waals surface area contributed by atoms with E-state index in [0.29, 0.717) is 5.32 Å². The van der Waals surface area contributed by atoms with Gasteiger partial charge in [0.1, 0.15) is 8.07 Å². The molecule has 86 valence electrons. The number of nitrogens with zero attached hydrogens (tertiary/aromatic N) is 3. The zero-order valence-electron chi connectivity index (χ0n) is 9.57. The summed E-state index contributed by atoms with van der Waals surface area (Å²) in [6, 6.07) is 0. The molecule has 1 N–H and O–H groups in total. The third-order valence-corrected chi connectivity index (χ3v) is 5.64. The van der Waals surface area contributed by atoms with Gasteiger partial charge in [-0.15, -0.1) is 5.10 Å². The van der Waals surface area contributed by atoms with Crippen LogP contribution < -0.4 is 5.32 Å². The molecule has 1 aromatic heterocycles. The average Bonchev–Trinajstić information content (AvgIpc) is 2.49. The maximum Gasteiger partial charge on any atom is 0.263 e. The zero-order chi connectivity index (χ0) is 11.9. The Morgan fingerprint density at radius 1 is 1.20 bits per heavy atom. The van der Waals surface area contributed by atoms with Crippen molar-refractivity contribution in [3.05, 3.63) is 0 Å². The Hall–Kier alpha value is -0.733. The minimum atomic E-state index is -3.48. The zero-order valence-corrected chi connectivity index (χ0v) is 11.4. The standard InChI is InChI=1S/C7H16N4O2SSi/c1-11(2)14(12,13)6-7(9-10-8-6)15(3,4)5/h1-5H3,(H,8,9,10). The second-order valence-corrected chi connectivity index (χ2v) is 11.6. The molecule has 0 aromatic carbocycles. The minimum absolute atomic E-state index is 0.0617. The van der Waals surface area contributed by atoms with E-state index in [1.54, 1.807) is 0 Å². The fourth-order valence-corrected chi connectivity index (χ4v) is 4.24. The molecule has 0 amide bonds. The molecule has 0 aliphatic carbocycles. The molecule has 1 rings (SSSR count). The molecule has 0 spiro atoms. The van der Waals surface area contributed by atoms with Gasteiger partial charge in [0.15, 0.2) is 0 Å². The van der Waals surface area contributed by atoms with E-state index in [-0.39, 0.29) is 5.03 Å². The first kappa shape index (κ1) is 12.3. The molecule has 0 aliphatic rings. The molecular formula is C7H16N4O2SSi. The number of sulfonamides is 1. The number of hydrogen-bond acceptors (Lipinski definition) is 4. The van der Waals surface area contributed by atoms with Gasteiger partial charge in [-0.3, -0.25) is 0 Å². The van der Waals surface area contributed by atoms with Crippen molar-refractivity contribution in [1.82, 2.24) is 19.7 Å². The van der Waals surface area contributed by atoms with Crippen molar-refractivity contribution in [1.29, 1.82) is 0 Å². The predicted molar refractivity (Wildman–Crippen MR) is 60.2 cm³/mol. The summed E-state index contributed by atoms with van der Waals surface area (Å²) in [6.07, 6.45) is 0. The van der Waals surface area contributed by atoms with Crippen LogP contribution >= 0.6 is 0 Å². The third kappa shape index (κ3) is 2.27. The van der Waals surface area contributed by atoms with E-state index in [9.17, 15) is 8.42 Å². The van der Waals surface area contributed by atoms with Crippen LogP contribution in [0, 0.1) is 0 Å². The number of hydrogen-bond donors (Lipinski definition) is 1. The largest absolute Gasteiger partial charge is 0.263 e. The molecule has 0 fully saturated rings. The Morgan fingerprint density at radius 2 is 1.73 bits per heavy atom. The van der Waals surface area contributed by atoms with Gasteiger partial charge >= 0.3 is 0 Å². The molecule has 0 atom stereocenters. The molecule has 0 bridgehead atoms. The van der Waals surface area contributed by atoms with Crippen LogP contribution in [0.15, 0.2) is 5.03 Å². The van der Waals surface area contributed by atoms with Crippen molar-refractivity contribution in [3.8, 4) is 0 Å². The Kier molecular flexibility index (Phi) is 3.03. The van der Waals surface area contributed by atoms with Gasteiger partial charge < -0.3 is 0 Å². The van der Waals surface area contributed by atoms with Crippen molar-refractivity contribution in [2.75, 3.05) is 14.1 Å². The number of H-pyrrole nitrogens is 1. The molecular weight excluding hydrogens is 232 g/mol. The summed E-state index contributed by atoms with van der Waals surface area (Å²) in [5.41, 5.74) is 0. The lowest BCUT2D eigenvalue weighted by atomic mass is 10.9. The maximum absolute atomic E-state index is 11.9. The Labute approximate surface area is 90.7 Å². The van der Waals surface area contributed by atoms with Crippen LogP contribution in [-0.4, -0.2) is 50.3 Å². The smallest absolute Gasteiger partial charge is 0.205 e. The van der Waals surface area contributed by atoms with Crippen molar-refractivity contribution in [2.24, 2.45) is 0 Å². The van der Waals surface area contributed by atoms with Crippen molar-refractivity contribution in [3.63, 3.8) is 0 Å². The highest BCUT2D eigenvalue weighted by atomic mass is 32.2. The first-order chi connectivity index (χ1) is 6.67. The lowest BCUT2D eigenvalue weighted by molar-refractivity contribution is 0.517. The van der Waals surface area contributed by atoms with Gasteiger partial charge in [0.2, 0.25) is 5.03 Å². The second-order valence-electron chi connectivity index (χ2n) is 4.51. The summed E-state index contributed by atoms with van der Waals surface area (Å²) in [5.74, 6) is 0. The van der Waals surface area contributed by atoms with Crippen molar-refractivity contribution < 1.29 is 8.42 Å². The number of aromatic amines is 1. The molecule has 0 aliphatic heterocycles. The first-order valence-electron chi connectivity index (χ1n) is 4.51. The molecule has 1 heterocycles. The van der Waals surface area contributed by atoms with Crippen LogP contribution in [0.1, 0.15) is 0 Å². The van der Waals surface area contributed by atoms with E-state index in [4.69, 9.17) is 0 Å². The molecule has 0 saturated carbocycles. The first-order valence-corrected chi connectivity index (χ1v) is 9.45. The minimum Gasteiger partial charge on any atom is -0.205 e. The molecule has 1 aromatic rings. The van der Waals surface area contributed by atoms with Gasteiger partial charge in [-0.2, -0.15) is 10.3 Å². The van der Waals surface area contributed by atoms with Gasteiger partial charge in [-0.1, -0.05) is 19.6 Å². The molecule has 8 heteroatoms. The number of rotatable bonds is 3. The van der Waals surface area contributed by atoms with Gasteiger partial charge in [-0.25, -0.2) is 12.7 Å². The summed E-state index contributed by atoms with van der Waals surface area (Å²) < 4.78 is 24.9. The summed E-state index contributed by atoms with van der Waals surface area (Å²) in [5, 5.41) is 10.8. The monoisotopic (exact) mass is 248 g/mol. The van der Waals surface area contributed by atoms with Gasteiger partial charge in [0.05, 0.1) is 5.32 Å². The summed E-state index contributed by atoms with van der Waals surface area (Å²) in [7, 11) is -2.31. The highest BCUT2D eigenvalue weighted by molar-refractivity contribution is 7.89. The quantitative estimate of drug-likeness (QED) is 0.738. The predicted octanol–water partition coefficient (Wildman–Crippen LogP) is -0.400. The lowest BCUT2D eigenvalue weighted by Crippen LogP contribution is -2.43. The summed E-state index contributed by atoms with van der Waals surface area (Å²) >= 11 is 0. The fourth-order valence-electron chi connectivity index (χ4n) is 1.06. The van der Waals surface area contributed by atoms with Crippen LogP contribution in [0.5, 0.6) is 0 Å².